The van der Waals surface area contributed by atoms with Crippen LogP contribution in [0.1, 0.15) is 37.3 Å². The minimum Gasteiger partial charge on any atom is -0.459 e. The van der Waals surface area contributed by atoms with Gasteiger partial charge >= 0.3 is 12.3 Å². The number of halogens is 7. The second-order valence-corrected chi connectivity index (χ2v) is 6.45. The molecule has 2 aromatic carbocycles. The summed E-state index contributed by atoms with van der Waals surface area (Å²) in [4.78, 5) is 0. The standard InChI is InChI=1S/C21H19F7O2/c1-2-3-4-5-14-6-8-15(9-7-14)21(27,28)30-16-12-17(22)19(18(23)13-16)29-11-10-20(24,25)26/h6-13H,2-5H2,1H3. The summed E-state index contributed by atoms with van der Waals surface area (Å²) in [7, 11) is 0. The van der Waals surface area contributed by atoms with E-state index in [2.05, 4.69) is 9.47 Å². The first kappa shape index (κ1) is 23.6. The van der Waals surface area contributed by atoms with Crippen molar-refractivity contribution in [3.8, 4) is 11.5 Å². The molecule has 2 nitrogen and oxygen atoms in total. The van der Waals surface area contributed by atoms with Gasteiger partial charge in [0.2, 0.25) is 0 Å². The summed E-state index contributed by atoms with van der Waals surface area (Å²) in [5.74, 6) is -5.03. The van der Waals surface area contributed by atoms with E-state index in [0.29, 0.717) is 12.1 Å². The van der Waals surface area contributed by atoms with Crippen molar-refractivity contribution < 1.29 is 40.2 Å². The van der Waals surface area contributed by atoms with Crippen molar-refractivity contribution >= 4 is 0 Å². The van der Waals surface area contributed by atoms with Crippen LogP contribution in [-0.2, 0) is 12.5 Å². The number of benzene rings is 2. The van der Waals surface area contributed by atoms with Crippen LogP contribution in [0.4, 0.5) is 30.7 Å². The molecule has 9 heteroatoms. The van der Waals surface area contributed by atoms with Gasteiger partial charge in [-0.05, 0) is 30.5 Å². The van der Waals surface area contributed by atoms with Crippen LogP contribution >= 0.6 is 0 Å². The van der Waals surface area contributed by atoms with Gasteiger partial charge in [-0.25, -0.2) is 8.78 Å². The van der Waals surface area contributed by atoms with Crippen LogP contribution < -0.4 is 9.47 Å². The van der Waals surface area contributed by atoms with Gasteiger partial charge in [-0.2, -0.15) is 22.0 Å². The van der Waals surface area contributed by atoms with E-state index in [4.69, 9.17) is 0 Å². The first-order valence-electron chi connectivity index (χ1n) is 9.08. The Balaban J connectivity index is 2.11. The Bertz CT molecular complexity index is 836. The summed E-state index contributed by atoms with van der Waals surface area (Å²) in [5, 5.41) is 0. The first-order valence-corrected chi connectivity index (χ1v) is 9.08. The molecule has 0 saturated heterocycles. The zero-order valence-electron chi connectivity index (χ0n) is 15.9. The maximum Gasteiger partial charge on any atom is 0.426 e. The van der Waals surface area contributed by atoms with Crippen LogP contribution in [0, 0.1) is 11.6 Å². The minimum absolute atomic E-state index is 0.0404. The van der Waals surface area contributed by atoms with Crippen molar-refractivity contribution in [1.29, 1.82) is 0 Å². The predicted octanol–water partition coefficient (Wildman–Crippen LogP) is 7.28. The normalized spacial score (nSPS) is 12.4. The van der Waals surface area contributed by atoms with Gasteiger partial charge in [0.15, 0.2) is 17.4 Å². The molecular weight excluding hydrogens is 417 g/mol. The molecule has 30 heavy (non-hydrogen) atoms. The minimum atomic E-state index is -4.75. The van der Waals surface area contributed by atoms with Crippen molar-refractivity contribution in [3.63, 3.8) is 0 Å². The third kappa shape index (κ3) is 6.96. The molecular formula is C21H19F7O2. The summed E-state index contributed by atoms with van der Waals surface area (Å²) < 4.78 is 101. The van der Waals surface area contributed by atoms with Crippen molar-refractivity contribution in [1.82, 2.24) is 0 Å². The van der Waals surface area contributed by atoms with Crippen LogP contribution in [0.15, 0.2) is 48.7 Å². The lowest BCUT2D eigenvalue weighted by Crippen LogP contribution is -2.22. The van der Waals surface area contributed by atoms with E-state index in [1.54, 1.807) is 0 Å². The van der Waals surface area contributed by atoms with Crippen molar-refractivity contribution in [2.24, 2.45) is 0 Å². The van der Waals surface area contributed by atoms with Gasteiger partial charge in [0.05, 0.1) is 17.9 Å². The second-order valence-electron chi connectivity index (χ2n) is 6.45. The molecule has 164 valence electrons. The van der Waals surface area contributed by atoms with Gasteiger partial charge in [-0.15, -0.1) is 0 Å². The van der Waals surface area contributed by atoms with E-state index >= 15 is 0 Å². The number of ether oxygens (including phenoxy) is 2. The number of hydrogen-bond acceptors (Lipinski definition) is 2. The number of hydrogen-bond donors (Lipinski definition) is 0. The lowest BCUT2D eigenvalue weighted by atomic mass is 10.1. The molecule has 0 heterocycles. The Kier molecular flexibility index (Phi) is 7.75. The molecule has 0 fully saturated rings. The summed E-state index contributed by atoms with van der Waals surface area (Å²) in [6.45, 7) is 2.05. The number of alkyl halides is 5. The summed E-state index contributed by atoms with van der Waals surface area (Å²) >= 11 is 0. The molecule has 0 saturated carbocycles. The Morgan fingerprint density at radius 1 is 0.900 bits per heavy atom. The molecule has 0 unspecified atom stereocenters. The monoisotopic (exact) mass is 436 g/mol. The molecule has 0 spiro atoms. The maximum atomic E-state index is 14.3. The number of aryl methyl sites for hydroxylation is 1. The number of allylic oxidation sites excluding steroid dienone is 1. The van der Waals surface area contributed by atoms with Crippen molar-refractivity contribution in [3.05, 3.63) is 71.5 Å². The fourth-order valence-corrected chi connectivity index (χ4v) is 2.54. The highest BCUT2D eigenvalue weighted by Crippen LogP contribution is 2.35. The zero-order chi connectivity index (χ0) is 22.4. The van der Waals surface area contributed by atoms with Crippen LogP contribution in [-0.4, -0.2) is 6.18 Å². The summed E-state index contributed by atoms with van der Waals surface area (Å²) in [6.07, 6.45) is -5.27. The third-order valence-electron chi connectivity index (χ3n) is 4.02. The average molecular weight is 436 g/mol. The van der Waals surface area contributed by atoms with Gasteiger partial charge < -0.3 is 9.47 Å². The molecule has 0 aliphatic rings. The lowest BCUT2D eigenvalue weighted by Gasteiger charge is -2.19. The average Bonchev–Trinajstić information content (AvgIpc) is 2.63. The Morgan fingerprint density at radius 2 is 1.50 bits per heavy atom. The predicted molar refractivity (Wildman–Crippen MR) is 96.4 cm³/mol. The molecule has 2 aromatic rings. The van der Waals surface area contributed by atoms with Crippen molar-refractivity contribution in [2.75, 3.05) is 0 Å². The van der Waals surface area contributed by atoms with Crippen LogP contribution in [0.2, 0.25) is 0 Å². The summed E-state index contributed by atoms with van der Waals surface area (Å²) in [5.41, 5.74) is 0.351. The van der Waals surface area contributed by atoms with Gasteiger partial charge in [0.1, 0.15) is 5.75 Å². The highest BCUT2D eigenvalue weighted by atomic mass is 19.4. The molecule has 0 N–H and O–H groups in total. The van der Waals surface area contributed by atoms with Gasteiger partial charge in [-0.1, -0.05) is 31.9 Å². The fraction of sp³-hybridized carbons (Fsp3) is 0.333. The van der Waals surface area contributed by atoms with E-state index < -0.39 is 41.0 Å². The Hall–Kier alpha value is -2.71. The molecule has 0 aromatic heterocycles. The zero-order valence-corrected chi connectivity index (χ0v) is 15.9. The molecule has 0 aliphatic heterocycles. The van der Waals surface area contributed by atoms with E-state index in [9.17, 15) is 30.7 Å². The van der Waals surface area contributed by atoms with Crippen LogP contribution in [0.25, 0.3) is 0 Å². The molecule has 0 bridgehead atoms. The van der Waals surface area contributed by atoms with Gasteiger partial charge in [0, 0.05) is 12.1 Å². The van der Waals surface area contributed by atoms with Gasteiger partial charge in [-0.3, -0.25) is 0 Å². The molecule has 0 radical (unpaired) electrons. The number of rotatable bonds is 9. The number of unbranched alkanes of at least 4 members (excludes halogenated alkanes) is 2. The first-order chi connectivity index (χ1) is 14.0. The maximum absolute atomic E-state index is 14.3. The van der Waals surface area contributed by atoms with E-state index in [1.165, 1.54) is 12.1 Å². The summed E-state index contributed by atoms with van der Waals surface area (Å²) in [6, 6.07) is 6.15. The Morgan fingerprint density at radius 3 is 2.03 bits per heavy atom. The van der Waals surface area contributed by atoms with Crippen molar-refractivity contribution in [2.45, 2.75) is 44.9 Å². The second kappa shape index (κ2) is 9.86. The van der Waals surface area contributed by atoms with E-state index in [-0.39, 0.29) is 12.3 Å². The fourth-order valence-electron chi connectivity index (χ4n) is 2.54. The molecule has 0 amide bonds. The largest absolute Gasteiger partial charge is 0.459 e. The third-order valence-corrected chi connectivity index (χ3v) is 4.02. The highest BCUT2D eigenvalue weighted by Gasteiger charge is 2.35. The SMILES string of the molecule is CCCCCc1ccc(C(F)(F)Oc2cc(F)c(OC=CC(F)(F)F)c(F)c2)cc1. The van der Waals surface area contributed by atoms with Crippen LogP contribution in [0.3, 0.4) is 0 Å². The molecule has 2 rings (SSSR count). The topological polar surface area (TPSA) is 18.5 Å². The van der Waals surface area contributed by atoms with Gasteiger partial charge in [0.25, 0.3) is 0 Å². The Labute approximate surface area is 168 Å². The molecule has 0 atom stereocenters. The highest BCUT2D eigenvalue weighted by molar-refractivity contribution is 5.36. The van der Waals surface area contributed by atoms with E-state index in [0.717, 1.165) is 43.4 Å². The quantitative estimate of drug-likeness (QED) is 0.234. The lowest BCUT2D eigenvalue weighted by molar-refractivity contribution is -0.185. The van der Waals surface area contributed by atoms with Crippen LogP contribution in [0.5, 0.6) is 11.5 Å². The molecule has 0 aliphatic carbocycles. The smallest absolute Gasteiger partial charge is 0.426 e. The van der Waals surface area contributed by atoms with E-state index in [1.807, 2.05) is 6.92 Å².